The van der Waals surface area contributed by atoms with Gasteiger partial charge in [0.1, 0.15) is 11.9 Å². The smallest absolute Gasteiger partial charge is 0.128 e. The quantitative estimate of drug-likeness (QED) is 0.904. The predicted octanol–water partition coefficient (Wildman–Crippen LogP) is 3.81. The molecule has 3 nitrogen and oxygen atoms in total. The van der Waals surface area contributed by atoms with Gasteiger partial charge in [-0.2, -0.15) is 0 Å². The second-order valence-corrected chi connectivity index (χ2v) is 11.8. The molecular formula is C18H30FNO2S. The van der Waals surface area contributed by atoms with Gasteiger partial charge < -0.3 is 14.7 Å². The minimum Gasteiger partial charge on any atom is -0.378 e. The molecule has 2 rings (SSSR count). The van der Waals surface area contributed by atoms with Crippen molar-refractivity contribution >= 4 is 10.3 Å². The van der Waals surface area contributed by atoms with Crippen LogP contribution in [-0.2, 0) is 14.5 Å². The molecule has 0 spiro atoms. The number of benzene rings is 1. The Bertz CT molecular complexity index is 554. The van der Waals surface area contributed by atoms with Crippen molar-refractivity contribution in [2.24, 2.45) is 11.7 Å². The SMILES string of the molecule is CC(C)(C)S(C)(C)O[C@@H]1COC[C@@H]1[C@](C)(N)c1ccccc1F. The van der Waals surface area contributed by atoms with E-state index in [2.05, 4.69) is 33.3 Å². The summed E-state index contributed by atoms with van der Waals surface area (Å²) in [5.74, 6) is -0.348. The lowest BCUT2D eigenvalue weighted by Gasteiger charge is -2.47. The van der Waals surface area contributed by atoms with E-state index in [0.717, 1.165) is 0 Å². The molecule has 3 atom stereocenters. The van der Waals surface area contributed by atoms with Crippen LogP contribution in [-0.4, -0.2) is 36.6 Å². The molecule has 5 heteroatoms. The molecule has 0 amide bonds. The Balaban J connectivity index is 2.26. The standard InChI is InChI=1S/C18H30FNO2S/c1-17(2,3)23(5,6)22-16-12-21-11-14(16)18(4,20)13-9-7-8-10-15(13)19/h7-10,14,16H,11-12,20H2,1-6H3/t14-,16+,18+/m0/s1. The van der Waals surface area contributed by atoms with Crippen molar-refractivity contribution in [1.29, 1.82) is 0 Å². The summed E-state index contributed by atoms with van der Waals surface area (Å²) >= 11 is 0. The highest BCUT2D eigenvalue weighted by Gasteiger charge is 2.46. The van der Waals surface area contributed by atoms with Gasteiger partial charge in [-0.3, -0.25) is 0 Å². The molecule has 1 aliphatic rings. The van der Waals surface area contributed by atoms with E-state index in [9.17, 15) is 4.39 Å². The first-order valence-corrected chi connectivity index (χ1v) is 10.4. The van der Waals surface area contributed by atoms with Crippen LogP contribution in [0.25, 0.3) is 0 Å². The second-order valence-electron chi connectivity index (χ2n) is 7.89. The molecule has 1 heterocycles. The third-order valence-electron chi connectivity index (χ3n) is 5.09. The summed E-state index contributed by atoms with van der Waals surface area (Å²) in [7, 11) is -1.30. The Labute approximate surface area is 141 Å². The van der Waals surface area contributed by atoms with Crippen LogP contribution >= 0.6 is 10.3 Å². The van der Waals surface area contributed by atoms with E-state index in [1.54, 1.807) is 12.1 Å². The van der Waals surface area contributed by atoms with Crippen molar-refractivity contribution in [3.8, 4) is 0 Å². The molecule has 0 aromatic heterocycles. The summed E-state index contributed by atoms with van der Waals surface area (Å²) < 4.78 is 26.4. The van der Waals surface area contributed by atoms with Gasteiger partial charge in [0.25, 0.3) is 0 Å². The van der Waals surface area contributed by atoms with E-state index < -0.39 is 15.8 Å². The van der Waals surface area contributed by atoms with Gasteiger partial charge in [0.05, 0.1) is 13.2 Å². The zero-order valence-corrected chi connectivity index (χ0v) is 15.9. The van der Waals surface area contributed by atoms with E-state index in [0.29, 0.717) is 18.8 Å². The Morgan fingerprint density at radius 2 is 1.78 bits per heavy atom. The fourth-order valence-corrected chi connectivity index (χ4v) is 3.84. The Kier molecular flexibility index (Phi) is 5.17. The lowest BCUT2D eigenvalue weighted by atomic mass is 9.78. The topological polar surface area (TPSA) is 44.5 Å². The molecule has 1 fully saturated rings. The van der Waals surface area contributed by atoms with Crippen molar-refractivity contribution < 1.29 is 13.3 Å². The molecule has 132 valence electrons. The normalized spacial score (nSPS) is 26.1. The number of hydrogen-bond acceptors (Lipinski definition) is 3. The molecule has 0 bridgehead atoms. The van der Waals surface area contributed by atoms with Gasteiger partial charge in [-0.05, 0) is 25.5 Å². The summed E-state index contributed by atoms with van der Waals surface area (Å²) in [6.07, 6.45) is 4.22. The maximum Gasteiger partial charge on any atom is 0.128 e. The highest BCUT2D eigenvalue weighted by atomic mass is 32.3. The molecule has 2 N–H and O–H groups in total. The van der Waals surface area contributed by atoms with Crippen molar-refractivity contribution in [1.82, 2.24) is 0 Å². The third-order valence-corrected chi connectivity index (χ3v) is 8.77. The first-order chi connectivity index (χ1) is 10.5. The van der Waals surface area contributed by atoms with Crippen LogP contribution in [0.2, 0.25) is 0 Å². The largest absolute Gasteiger partial charge is 0.378 e. The van der Waals surface area contributed by atoms with Crippen LogP contribution in [0.4, 0.5) is 4.39 Å². The van der Waals surface area contributed by atoms with E-state index >= 15 is 0 Å². The van der Waals surface area contributed by atoms with Crippen LogP contribution in [0.3, 0.4) is 0 Å². The van der Waals surface area contributed by atoms with Gasteiger partial charge in [-0.1, -0.05) is 39.0 Å². The number of rotatable bonds is 4. The molecule has 0 saturated carbocycles. The second kappa shape index (κ2) is 6.36. The maximum absolute atomic E-state index is 14.2. The van der Waals surface area contributed by atoms with Gasteiger partial charge in [-0.25, -0.2) is 4.39 Å². The molecule has 0 aliphatic carbocycles. The van der Waals surface area contributed by atoms with Gasteiger partial charge in [-0.15, -0.1) is 10.3 Å². The number of ether oxygens (including phenoxy) is 1. The van der Waals surface area contributed by atoms with E-state index in [1.165, 1.54) is 6.07 Å². The zero-order valence-electron chi connectivity index (χ0n) is 15.1. The highest BCUT2D eigenvalue weighted by Crippen LogP contribution is 2.56. The van der Waals surface area contributed by atoms with Gasteiger partial charge in [0, 0.05) is 21.8 Å². The number of nitrogens with two attached hydrogens (primary N) is 1. The summed E-state index contributed by atoms with van der Waals surface area (Å²) in [6.45, 7) is 9.44. The van der Waals surface area contributed by atoms with Crippen LogP contribution in [0, 0.1) is 11.7 Å². The summed E-state index contributed by atoms with van der Waals surface area (Å²) in [5.41, 5.74) is 6.26. The molecule has 0 radical (unpaired) electrons. The van der Waals surface area contributed by atoms with Gasteiger partial charge >= 0.3 is 0 Å². The monoisotopic (exact) mass is 343 g/mol. The van der Waals surface area contributed by atoms with Gasteiger partial charge in [0.15, 0.2) is 0 Å². The molecule has 1 saturated heterocycles. The fraction of sp³-hybridized carbons (Fsp3) is 0.667. The third kappa shape index (κ3) is 3.73. The Hall–Kier alpha value is -0.620. The summed E-state index contributed by atoms with van der Waals surface area (Å²) in [6, 6.07) is 6.71. The summed E-state index contributed by atoms with van der Waals surface area (Å²) in [4.78, 5) is 0. The average Bonchev–Trinajstić information content (AvgIpc) is 2.85. The summed E-state index contributed by atoms with van der Waals surface area (Å²) in [5, 5.41) is 0. The van der Waals surface area contributed by atoms with Crippen LogP contribution in [0.1, 0.15) is 33.3 Å². The maximum atomic E-state index is 14.2. The van der Waals surface area contributed by atoms with Crippen molar-refractivity contribution in [3.05, 3.63) is 35.6 Å². The first kappa shape index (κ1) is 18.7. The average molecular weight is 344 g/mol. The van der Waals surface area contributed by atoms with Crippen LogP contribution in [0.15, 0.2) is 24.3 Å². The van der Waals surface area contributed by atoms with Crippen molar-refractivity contribution in [2.45, 2.75) is 44.1 Å². The van der Waals surface area contributed by atoms with E-state index in [1.807, 2.05) is 13.0 Å². The molecule has 1 aromatic carbocycles. The lowest BCUT2D eigenvalue weighted by Crippen LogP contribution is -2.48. The van der Waals surface area contributed by atoms with Crippen LogP contribution < -0.4 is 5.73 Å². The lowest BCUT2D eigenvalue weighted by molar-refractivity contribution is 0.134. The Morgan fingerprint density at radius 3 is 2.35 bits per heavy atom. The first-order valence-electron chi connectivity index (χ1n) is 7.99. The predicted molar refractivity (Wildman–Crippen MR) is 96.3 cm³/mol. The number of hydrogen-bond donors (Lipinski definition) is 1. The van der Waals surface area contributed by atoms with Crippen molar-refractivity contribution in [3.63, 3.8) is 0 Å². The van der Waals surface area contributed by atoms with E-state index in [4.69, 9.17) is 14.7 Å². The molecule has 1 aliphatic heterocycles. The van der Waals surface area contributed by atoms with Gasteiger partial charge in [0.2, 0.25) is 0 Å². The minimum atomic E-state index is -1.30. The highest BCUT2D eigenvalue weighted by molar-refractivity contribution is 8.29. The zero-order chi connectivity index (χ0) is 17.5. The molecule has 1 aromatic rings. The fourth-order valence-electron chi connectivity index (χ4n) is 2.74. The van der Waals surface area contributed by atoms with E-state index in [-0.39, 0.29) is 22.6 Å². The van der Waals surface area contributed by atoms with Crippen molar-refractivity contribution in [2.75, 3.05) is 25.7 Å². The minimum absolute atomic E-state index is 0.0587. The van der Waals surface area contributed by atoms with Crippen LogP contribution in [0.5, 0.6) is 0 Å². The molecule has 23 heavy (non-hydrogen) atoms. The number of halogens is 1. The Morgan fingerprint density at radius 1 is 1.17 bits per heavy atom. The molecular weight excluding hydrogens is 313 g/mol. The molecule has 0 unspecified atom stereocenters.